The normalized spacial score (nSPS) is 26.6. The Labute approximate surface area is 164 Å². The van der Waals surface area contributed by atoms with Crippen LogP contribution >= 0.6 is 0 Å². The smallest absolute Gasteiger partial charge is 0.172 e. The van der Waals surface area contributed by atoms with E-state index in [0.717, 1.165) is 47.8 Å². The van der Waals surface area contributed by atoms with Crippen molar-refractivity contribution in [2.75, 3.05) is 0 Å². The molecule has 0 spiro atoms. The molecule has 2 aromatic rings. The molecular formula is C24H25FO3. The summed E-state index contributed by atoms with van der Waals surface area (Å²) in [7, 11) is 0. The summed E-state index contributed by atoms with van der Waals surface area (Å²) in [6.45, 7) is 4.09. The van der Waals surface area contributed by atoms with Gasteiger partial charge in [-0.25, -0.2) is 4.39 Å². The molecule has 146 valence electrons. The number of aryl methyl sites for hydroxylation is 1. The maximum Gasteiger partial charge on any atom is 0.172 e. The van der Waals surface area contributed by atoms with Crippen LogP contribution in [0.3, 0.4) is 0 Å². The van der Waals surface area contributed by atoms with Crippen LogP contribution in [0.15, 0.2) is 48.7 Å². The van der Waals surface area contributed by atoms with Crippen LogP contribution < -0.4 is 0 Å². The first-order chi connectivity index (χ1) is 13.5. The summed E-state index contributed by atoms with van der Waals surface area (Å²) >= 11 is 0. The third kappa shape index (κ3) is 3.16. The number of carbonyl (C=O) groups is 1. The van der Waals surface area contributed by atoms with Gasteiger partial charge in [0.2, 0.25) is 0 Å². The molecule has 0 aliphatic carbocycles. The summed E-state index contributed by atoms with van der Waals surface area (Å²) in [6.07, 6.45) is 3.72. The fourth-order valence-corrected chi connectivity index (χ4v) is 4.73. The Morgan fingerprint density at radius 1 is 1.14 bits per heavy atom. The molecule has 2 fully saturated rings. The predicted octanol–water partition coefficient (Wildman–Crippen LogP) is 5.34. The molecule has 2 aliphatic heterocycles. The highest BCUT2D eigenvalue weighted by molar-refractivity contribution is 6.22. The first-order valence-electron chi connectivity index (χ1n) is 9.96. The zero-order valence-electron chi connectivity index (χ0n) is 16.2. The highest BCUT2D eigenvalue weighted by atomic mass is 19.1. The number of hydrogen-bond donors (Lipinski definition) is 1. The van der Waals surface area contributed by atoms with E-state index in [9.17, 15) is 14.3 Å². The zero-order valence-corrected chi connectivity index (χ0v) is 16.2. The van der Waals surface area contributed by atoms with Crippen LogP contribution in [-0.2, 0) is 16.0 Å². The van der Waals surface area contributed by atoms with Crippen LogP contribution in [0.25, 0.3) is 16.7 Å². The van der Waals surface area contributed by atoms with E-state index in [1.165, 1.54) is 12.1 Å². The van der Waals surface area contributed by atoms with E-state index in [1.54, 1.807) is 12.1 Å². The first-order valence-corrected chi connectivity index (χ1v) is 9.96. The summed E-state index contributed by atoms with van der Waals surface area (Å²) < 4.78 is 19.1. The number of Topliss-reactive ketones (excluding diaryl/α,β-unsaturated/α-hetero) is 1. The van der Waals surface area contributed by atoms with E-state index in [2.05, 4.69) is 6.92 Å². The Bertz CT molecular complexity index is 914. The SMILES string of the molecule is CCc1cc(-c2ccc(F)cc2)ccc1C(=CO)C(=O)[C@H]1[C@@H](C)[C@@H]2CC[C@H]1O2. The Morgan fingerprint density at radius 2 is 1.82 bits per heavy atom. The molecule has 28 heavy (non-hydrogen) atoms. The maximum atomic E-state index is 13.3. The van der Waals surface area contributed by atoms with Crippen molar-refractivity contribution in [3.8, 4) is 11.1 Å². The molecule has 2 aromatic carbocycles. The lowest BCUT2D eigenvalue weighted by molar-refractivity contribution is -0.119. The minimum absolute atomic E-state index is 0.0357. The van der Waals surface area contributed by atoms with Crippen LogP contribution in [0.4, 0.5) is 4.39 Å². The van der Waals surface area contributed by atoms with Crippen molar-refractivity contribution in [2.24, 2.45) is 11.8 Å². The Morgan fingerprint density at radius 3 is 2.43 bits per heavy atom. The van der Waals surface area contributed by atoms with Crippen LogP contribution in [-0.4, -0.2) is 23.1 Å². The van der Waals surface area contributed by atoms with Gasteiger partial charge in [-0.3, -0.25) is 4.79 Å². The molecule has 0 amide bonds. The van der Waals surface area contributed by atoms with Gasteiger partial charge in [0.15, 0.2) is 5.78 Å². The summed E-state index contributed by atoms with van der Waals surface area (Å²) in [6, 6.07) is 12.2. The van der Waals surface area contributed by atoms with E-state index in [-0.39, 0.29) is 35.6 Å². The van der Waals surface area contributed by atoms with Crippen LogP contribution in [0.2, 0.25) is 0 Å². The van der Waals surface area contributed by atoms with Gasteiger partial charge in [-0.15, -0.1) is 0 Å². The molecule has 0 radical (unpaired) electrons. The van der Waals surface area contributed by atoms with Crippen LogP contribution in [0, 0.1) is 17.7 Å². The molecule has 3 nitrogen and oxygen atoms in total. The fraction of sp³-hybridized carbons (Fsp3) is 0.375. The Kier molecular flexibility index (Phi) is 5.07. The number of halogens is 1. The quantitative estimate of drug-likeness (QED) is 0.563. The van der Waals surface area contributed by atoms with Crippen molar-refractivity contribution in [2.45, 2.75) is 45.3 Å². The molecular weight excluding hydrogens is 355 g/mol. The monoisotopic (exact) mass is 380 g/mol. The van der Waals surface area contributed by atoms with E-state index >= 15 is 0 Å². The number of fused-ring (bicyclic) bond motifs is 2. The lowest BCUT2D eigenvalue weighted by Gasteiger charge is -2.25. The standard InChI is InChI=1S/C24H25FO3/c1-3-15-12-17(16-4-7-18(25)8-5-16)6-9-19(15)20(13-26)24(27)23-14(2)21-10-11-22(23)28-21/h4-9,12-14,21-23,26H,3,10-11H2,1-2H3/t14-,21-,22+,23-/m0/s1. The lowest BCUT2D eigenvalue weighted by Crippen LogP contribution is -2.32. The number of hydrogen-bond acceptors (Lipinski definition) is 3. The van der Waals surface area contributed by atoms with Crippen molar-refractivity contribution in [1.29, 1.82) is 0 Å². The molecule has 2 aliphatic rings. The Hall–Kier alpha value is -2.46. The highest BCUT2D eigenvalue weighted by Gasteiger charge is 2.50. The number of aliphatic hydroxyl groups is 1. The van der Waals surface area contributed by atoms with Gasteiger partial charge in [0.25, 0.3) is 0 Å². The van der Waals surface area contributed by atoms with Gasteiger partial charge < -0.3 is 9.84 Å². The van der Waals surface area contributed by atoms with Gasteiger partial charge >= 0.3 is 0 Å². The third-order valence-corrected chi connectivity index (χ3v) is 6.29. The van der Waals surface area contributed by atoms with Crippen molar-refractivity contribution < 1.29 is 19.0 Å². The van der Waals surface area contributed by atoms with Crippen molar-refractivity contribution in [3.63, 3.8) is 0 Å². The van der Waals surface area contributed by atoms with Gasteiger partial charge in [-0.2, -0.15) is 0 Å². The molecule has 1 N–H and O–H groups in total. The summed E-state index contributed by atoms with van der Waals surface area (Å²) in [5.74, 6) is -0.329. The molecule has 2 heterocycles. The van der Waals surface area contributed by atoms with Crippen LogP contribution in [0.1, 0.15) is 37.8 Å². The molecule has 4 rings (SSSR count). The second kappa shape index (κ2) is 7.51. The van der Waals surface area contributed by atoms with Gasteiger partial charge in [0.05, 0.1) is 30.0 Å². The van der Waals surface area contributed by atoms with E-state index in [4.69, 9.17) is 4.74 Å². The molecule has 0 saturated carbocycles. The molecule has 2 bridgehead atoms. The molecule has 0 unspecified atom stereocenters. The molecule has 4 heteroatoms. The lowest BCUT2D eigenvalue weighted by atomic mass is 9.75. The number of rotatable bonds is 5. The van der Waals surface area contributed by atoms with Gasteiger partial charge in [-0.05, 0) is 59.6 Å². The second-order valence-corrected chi connectivity index (χ2v) is 7.81. The van der Waals surface area contributed by atoms with Crippen molar-refractivity contribution in [1.82, 2.24) is 0 Å². The minimum Gasteiger partial charge on any atom is -0.515 e. The largest absolute Gasteiger partial charge is 0.515 e. The number of allylic oxidation sites excluding steroid dienone is 1. The average molecular weight is 380 g/mol. The van der Waals surface area contributed by atoms with Crippen molar-refractivity contribution >= 4 is 11.4 Å². The van der Waals surface area contributed by atoms with Gasteiger partial charge in [0, 0.05) is 0 Å². The first kappa shape index (κ1) is 18.9. The van der Waals surface area contributed by atoms with Gasteiger partial charge in [-0.1, -0.05) is 44.2 Å². The van der Waals surface area contributed by atoms with Crippen molar-refractivity contribution in [3.05, 3.63) is 65.7 Å². The van der Waals surface area contributed by atoms with E-state index < -0.39 is 0 Å². The number of carbonyl (C=O) groups excluding carboxylic acids is 1. The third-order valence-electron chi connectivity index (χ3n) is 6.29. The predicted molar refractivity (Wildman–Crippen MR) is 107 cm³/mol. The number of aliphatic hydroxyl groups excluding tert-OH is 1. The number of ketones is 1. The number of ether oxygens (including phenoxy) is 1. The topological polar surface area (TPSA) is 46.5 Å². The minimum atomic E-state index is -0.269. The second-order valence-electron chi connectivity index (χ2n) is 7.81. The Balaban J connectivity index is 1.67. The van der Waals surface area contributed by atoms with Crippen LogP contribution in [0.5, 0.6) is 0 Å². The molecule has 2 saturated heterocycles. The van der Waals surface area contributed by atoms with Gasteiger partial charge in [0.1, 0.15) is 5.82 Å². The van der Waals surface area contributed by atoms with E-state index in [1.807, 2.05) is 25.1 Å². The maximum absolute atomic E-state index is 13.3. The average Bonchev–Trinajstić information content (AvgIpc) is 3.30. The molecule has 4 atom stereocenters. The summed E-state index contributed by atoms with van der Waals surface area (Å²) in [5, 5.41) is 9.94. The summed E-state index contributed by atoms with van der Waals surface area (Å²) in [5.41, 5.74) is 3.97. The zero-order chi connectivity index (χ0) is 19.8. The van der Waals surface area contributed by atoms with E-state index in [0.29, 0.717) is 5.57 Å². The fourth-order valence-electron chi connectivity index (χ4n) is 4.73. The highest BCUT2D eigenvalue weighted by Crippen LogP contribution is 2.45. The molecule has 0 aromatic heterocycles. The summed E-state index contributed by atoms with van der Waals surface area (Å²) in [4.78, 5) is 13.3. The number of benzene rings is 2.